The normalized spacial score (nSPS) is 23.2. The second kappa shape index (κ2) is 15.6. The number of esters is 2. The molecule has 0 amide bonds. The molecule has 6 N–H and O–H groups in total. The first-order valence-corrected chi connectivity index (χ1v) is 13.5. The van der Waals surface area contributed by atoms with Crippen molar-refractivity contribution in [2.75, 3.05) is 26.9 Å². The summed E-state index contributed by atoms with van der Waals surface area (Å²) < 4.78 is 21.1. The maximum atomic E-state index is 13.7. The summed E-state index contributed by atoms with van der Waals surface area (Å²) in [7, 11) is 1.37. The molecule has 0 aromatic heterocycles. The minimum atomic E-state index is -1.84. The summed E-state index contributed by atoms with van der Waals surface area (Å²) in [5, 5.41) is 59.9. The topological polar surface area (TPSA) is 192 Å². The number of hydrogen-bond donors (Lipinski definition) is 6. The van der Waals surface area contributed by atoms with Crippen LogP contribution in [0.2, 0.25) is 0 Å². The van der Waals surface area contributed by atoms with Crippen molar-refractivity contribution in [1.29, 1.82) is 0 Å². The number of aliphatic hydroxyl groups is 5. The number of aliphatic hydroxyl groups excluding tert-OH is 5. The van der Waals surface area contributed by atoms with Gasteiger partial charge in [-0.15, -0.1) is 0 Å². The van der Waals surface area contributed by atoms with Crippen molar-refractivity contribution in [3.8, 4) is 11.5 Å². The van der Waals surface area contributed by atoms with Crippen LogP contribution in [-0.2, 0) is 30.2 Å². The van der Waals surface area contributed by atoms with E-state index in [9.17, 15) is 40.2 Å². The Hall–Kier alpha value is -3.52. The Morgan fingerprint density at radius 1 is 1.02 bits per heavy atom. The van der Waals surface area contributed by atoms with Gasteiger partial charge in [-0.2, -0.15) is 0 Å². The first-order valence-electron chi connectivity index (χ1n) is 13.5. The lowest BCUT2D eigenvalue weighted by Crippen LogP contribution is -2.61. The van der Waals surface area contributed by atoms with Gasteiger partial charge in [0.25, 0.3) is 0 Å². The molecule has 1 heterocycles. The third-order valence-electron chi connectivity index (χ3n) is 6.94. The van der Waals surface area contributed by atoms with E-state index in [1.54, 1.807) is 6.07 Å². The highest BCUT2D eigenvalue weighted by molar-refractivity contribution is 5.94. The fourth-order valence-electron chi connectivity index (χ4n) is 4.84. The van der Waals surface area contributed by atoms with Crippen LogP contribution >= 0.6 is 0 Å². The molecular weight excluding hydrogens is 552 g/mol. The molecule has 0 bridgehead atoms. The van der Waals surface area contributed by atoms with Crippen molar-refractivity contribution in [2.24, 2.45) is 0 Å². The molecule has 230 valence electrons. The molecule has 3 rings (SSSR count). The Morgan fingerprint density at radius 2 is 1.79 bits per heavy atom. The zero-order valence-corrected chi connectivity index (χ0v) is 23.5. The number of hydrogen-bond acceptors (Lipinski definition) is 12. The van der Waals surface area contributed by atoms with Gasteiger partial charge in [-0.1, -0.05) is 30.3 Å². The lowest BCUT2D eigenvalue weighted by molar-refractivity contribution is -0.292. The van der Waals surface area contributed by atoms with Crippen LogP contribution in [0.4, 0.5) is 0 Å². The SMILES string of the molecule is COc1cc(C=C(CC(CCO)c2cccc(CCO)c2)C(=O)OC2C(O)OC(CO)C(O)C2OC(C)=O)ccc1O. The van der Waals surface area contributed by atoms with Crippen molar-refractivity contribution < 1.29 is 59.2 Å². The van der Waals surface area contributed by atoms with Crippen LogP contribution < -0.4 is 4.74 Å². The van der Waals surface area contributed by atoms with Crippen molar-refractivity contribution in [1.82, 2.24) is 0 Å². The van der Waals surface area contributed by atoms with E-state index in [0.717, 1.165) is 18.1 Å². The Kier molecular flexibility index (Phi) is 12.3. The molecular formula is C30H38O12. The monoisotopic (exact) mass is 590 g/mol. The highest BCUT2D eigenvalue weighted by Gasteiger charge is 2.49. The van der Waals surface area contributed by atoms with Crippen LogP contribution in [0.5, 0.6) is 11.5 Å². The van der Waals surface area contributed by atoms with Crippen molar-refractivity contribution in [3.05, 3.63) is 64.7 Å². The average Bonchev–Trinajstić information content (AvgIpc) is 2.96. The summed E-state index contributed by atoms with van der Waals surface area (Å²) >= 11 is 0. The third-order valence-corrected chi connectivity index (χ3v) is 6.94. The number of methoxy groups -OCH3 is 1. The number of carbonyl (C=O) groups is 2. The van der Waals surface area contributed by atoms with E-state index in [1.807, 2.05) is 24.3 Å². The fourth-order valence-corrected chi connectivity index (χ4v) is 4.84. The minimum Gasteiger partial charge on any atom is -0.504 e. The van der Waals surface area contributed by atoms with E-state index >= 15 is 0 Å². The molecule has 1 aliphatic heterocycles. The van der Waals surface area contributed by atoms with Gasteiger partial charge in [0.1, 0.15) is 12.2 Å². The van der Waals surface area contributed by atoms with Crippen LogP contribution in [0, 0.1) is 0 Å². The van der Waals surface area contributed by atoms with Crippen LogP contribution in [0.3, 0.4) is 0 Å². The van der Waals surface area contributed by atoms with E-state index in [-0.39, 0.29) is 49.0 Å². The molecule has 0 aliphatic carbocycles. The molecule has 1 saturated heterocycles. The second-order valence-corrected chi connectivity index (χ2v) is 9.92. The van der Waals surface area contributed by atoms with Gasteiger partial charge in [-0.25, -0.2) is 4.79 Å². The molecule has 2 aromatic rings. The smallest absolute Gasteiger partial charge is 0.334 e. The van der Waals surface area contributed by atoms with Crippen LogP contribution in [0.25, 0.3) is 6.08 Å². The van der Waals surface area contributed by atoms with Crippen LogP contribution in [0.15, 0.2) is 48.0 Å². The maximum absolute atomic E-state index is 13.7. The number of phenolic OH excluding ortho intramolecular Hbond substituents is 1. The van der Waals surface area contributed by atoms with Crippen LogP contribution in [-0.4, -0.2) is 100 Å². The lowest BCUT2D eigenvalue weighted by Gasteiger charge is -2.41. The number of aromatic hydroxyl groups is 1. The zero-order valence-electron chi connectivity index (χ0n) is 23.5. The molecule has 6 atom stereocenters. The van der Waals surface area contributed by atoms with E-state index in [2.05, 4.69) is 0 Å². The zero-order chi connectivity index (χ0) is 30.8. The van der Waals surface area contributed by atoms with Crippen molar-refractivity contribution >= 4 is 18.0 Å². The van der Waals surface area contributed by atoms with Gasteiger partial charge in [-0.3, -0.25) is 4.79 Å². The highest BCUT2D eigenvalue weighted by atomic mass is 16.7. The quantitative estimate of drug-likeness (QED) is 0.142. The average molecular weight is 591 g/mol. The molecule has 1 aliphatic rings. The molecule has 1 fully saturated rings. The van der Waals surface area contributed by atoms with Gasteiger partial charge >= 0.3 is 11.9 Å². The predicted molar refractivity (Wildman–Crippen MR) is 148 cm³/mol. The Balaban J connectivity index is 2.01. The Morgan fingerprint density at radius 3 is 2.43 bits per heavy atom. The number of rotatable bonds is 13. The number of carbonyl (C=O) groups excluding carboxylic acids is 2. The molecule has 12 heteroatoms. The van der Waals surface area contributed by atoms with Gasteiger partial charge in [0.2, 0.25) is 0 Å². The minimum absolute atomic E-state index is 0.0490. The second-order valence-electron chi connectivity index (χ2n) is 9.92. The molecule has 42 heavy (non-hydrogen) atoms. The third kappa shape index (κ3) is 8.51. The van der Waals surface area contributed by atoms with Gasteiger partial charge in [-0.05, 0) is 60.1 Å². The van der Waals surface area contributed by atoms with Crippen molar-refractivity contribution in [3.63, 3.8) is 0 Å². The van der Waals surface area contributed by atoms with Crippen LogP contribution in [0.1, 0.15) is 42.4 Å². The van der Waals surface area contributed by atoms with E-state index in [0.29, 0.717) is 12.0 Å². The molecule has 2 aromatic carbocycles. The Bertz CT molecular complexity index is 1230. The van der Waals surface area contributed by atoms with Gasteiger partial charge < -0.3 is 49.6 Å². The van der Waals surface area contributed by atoms with Gasteiger partial charge in [0.05, 0.1) is 13.7 Å². The van der Waals surface area contributed by atoms with Gasteiger partial charge in [0.15, 0.2) is 30.0 Å². The summed E-state index contributed by atoms with van der Waals surface area (Å²) in [5.74, 6) is -2.09. The molecule has 0 saturated carbocycles. The number of phenols is 1. The van der Waals surface area contributed by atoms with E-state index < -0.39 is 49.3 Å². The number of benzene rings is 2. The summed E-state index contributed by atoms with van der Waals surface area (Å²) in [6.45, 7) is 0.146. The molecule has 0 radical (unpaired) electrons. The molecule has 6 unspecified atom stereocenters. The summed E-state index contributed by atoms with van der Waals surface area (Å²) in [6.07, 6.45) is -5.67. The summed E-state index contributed by atoms with van der Waals surface area (Å²) in [5.41, 5.74) is 2.22. The largest absolute Gasteiger partial charge is 0.504 e. The summed E-state index contributed by atoms with van der Waals surface area (Å²) in [6, 6.07) is 11.8. The van der Waals surface area contributed by atoms with E-state index in [4.69, 9.17) is 18.9 Å². The first-order chi connectivity index (χ1) is 20.1. The predicted octanol–water partition coefficient (Wildman–Crippen LogP) is 0.789. The summed E-state index contributed by atoms with van der Waals surface area (Å²) in [4.78, 5) is 25.5. The standard InChI is InChI=1S/C30H38O12/c1-17(34)40-27-26(36)25(16-33)41-30(38)28(27)42-29(37)22(13-19-6-7-23(35)24(14-19)39-2)15-21(9-11-32)20-5-3-4-18(12-20)8-10-31/h3-7,12-14,21,25-28,30-33,35-36,38H,8-11,15-16H2,1-2H3. The molecule has 0 spiro atoms. The fraction of sp³-hybridized carbons (Fsp3) is 0.467. The van der Waals surface area contributed by atoms with E-state index in [1.165, 1.54) is 25.3 Å². The first kappa shape index (κ1) is 33.0. The number of ether oxygens (including phenoxy) is 4. The maximum Gasteiger partial charge on any atom is 0.334 e. The lowest BCUT2D eigenvalue weighted by atomic mass is 9.87. The van der Waals surface area contributed by atoms with Crippen molar-refractivity contribution in [2.45, 2.75) is 62.8 Å². The highest BCUT2D eigenvalue weighted by Crippen LogP contribution is 2.33. The van der Waals surface area contributed by atoms with Gasteiger partial charge in [0, 0.05) is 25.7 Å². The molecule has 12 nitrogen and oxygen atoms in total. The Labute approximate surface area is 243 Å².